The van der Waals surface area contributed by atoms with Crippen LogP contribution in [0, 0.1) is 5.41 Å². The van der Waals surface area contributed by atoms with E-state index in [4.69, 9.17) is 0 Å². The van der Waals surface area contributed by atoms with Crippen LogP contribution in [0.15, 0.2) is 0 Å². The molecule has 80 valence electrons. The van der Waals surface area contributed by atoms with Crippen molar-refractivity contribution in [2.45, 2.75) is 40.3 Å². The monoisotopic (exact) mass is 197 g/mol. The zero-order valence-electron chi connectivity index (χ0n) is 9.57. The molecule has 0 bridgehead atoms. The molecule has 0 spiro atoms. The average molecular weight is 197 g/mol. The van der Waals surface area contributed by atoms with Crippen molar-refractivity contribution in [3.8, 4) is 0 Å². The second-order valence-electron chi connectivity index (χ2n) is 4.61. The first kappa shape index (κ1) is 11.1. The number of hydrogen-bond acceptors (Lipinski definition) is 4. The van der Waals surface area contributed by atoms with E-state index in [0.717, 1.165) is 5.82 Å². The Morgan fingerprint density at radius 3 is 2.57 bits per heavy atom. The van der Waals surface area contributed by atoms with Gasteiger partial charge in [0.15, 0.2) is 5.82 Å². The summed E-state index contributed by atoms with van der Waals surface area (Å²) in [7, 11) is 1.89. The number of tetrazole rings is 1. The predicted octanol–water partition coefficient (Wildman–Crippen LogP) is 1.000. The first-order valence-corrected chi connectivity index (χ1v) is 4.88. The lowest BCUT2D eigenvalue weighted by molar-refractivity contribution is 0.235. The SMILES string of the molecule is CNCc1nnnn1C(C)C(C)(C)C. The third kappa shape index (κ3) is 2.29. The normalized spacial score (nSPS) is 14.4. The van der Waals surface area contributed by atoms with Crippen LogP contribution in [0.5, 0.6) is 0 Å². The Kier molecular flexibility index (Phi) is 3.21. The van der Waals surface area contributed by atoms with Gasteiger partial charge in [0, 0.05) is 0 Å². The fourth-order valence-corrected chi connectivity index (χ4v) is 1.15. The zero-order chi connectivity index (χ0) is 10.8. The van der Waals surface area contributed by atoms with E-state index in [-0.39, 0.29) is 5.41 Å². The molecule has 1 atom stereocenters. The summed E-state index contributed by atoms with van der Waals surface area (Å²) in [6, 6.07) is 0.292. The van der Waals surface area contributed by atoms with Crippen LogP contribution >= 0.6 is 0 Å². The molecule has 5 nitrogen and oxygen atoms in total. The summed E-state index contributed by atoms with van der Waals surface area (Å²) in [5, 5.41) is 14.7. The molecule has 0 saturated heterocycles. The topological polar surface area (TPSA) is 55.6 Å². The largest absolute Gasteiger partial charge is 0.313 e. The molecule has 0 aliphatic heterocycles. The van der Waals surface area contributed by atoms with E-state index >= 15 is 0 Å². The third-order valence-electron chi connectivity index (χ3n) is 2.52. The van der Waals surface area contributed by atoms with E-state index in [0.29, 0.717) is 12.6 Å². The molecule has 1 rings (SSSR count). The van der Waals surface area contributed by atoms with Gasteiger partial charge in [0.05, 0.1) is 12.6 Å². The molecule has 1 heterocycles. The van der Waals surface area contributed by atoms with Crippen molar-refractivity contribution in [3.63, 3.8) is 0 Å². The van der Waals surface area contributed by atoms with E-state index in [9.17, 15) is 0 Å². The van der Waals surface area contributed by atoms with E-state index in [1.54, 1.807) is 0 Å². The summed E-state index contributed by atoms with van der Waals surface area (Å²) in [4.78, 5) is 0. The van der Waals surface area contributed by atoms with Crippen LogP contribution in [0.3, 0.4) is 0 Å². The van der Waals surface area contributed by atoms with Gasteiger partial charge in [-0.25, -0.2) is 4.68 Å². The minimum Gasteiger partial charge on any atom is -0.313 e. The highest BCUT2D eigenvalue weighted by atomic mass is 15.6. The van der Waals surface area contributed by atoms with Crippen molar-refractivity contribution in [3.05, 3.63) is 5.82 Å². The Labute approximate surface area is 84.9 Å². The maximum absolute atomic E-state index is 4.02. The van der Waals surface area contributed by atoms with Gasteiger partial charge in [0.25, 0.3) is 0 Å². The fraction of sp³-hybridized carbons (Fsp3) is 0.889. The lowest BCUT2D eigenvalue weighted by Crippen LogP contribution is -2.25. The molecule has 1 N–H and O–H groups in total. The molecule has 0 aliphatic carbocycles. The van der Waals surface area contributed by atoms with Crippen LogP contribution in [0.4, 0.5) is 0 Å². The molecule has 0 aliphatic rings. The Balaban J connectivity index is 2.89. The summed E-state index contributed by atoms with van der Waals surface area (Å²) in [5.41, 5.74) is 0.165. The fourth-order valence-electron chi connectivity index (χ4n) is 1.15. The standard InChI is InChI=1S/C9H19N5/c1-7(9(2,3)4)14-8(6-10-5)11-12-13-14/h7,10H,6H2,1-5H3. The summed E-state index contributed by atoms with van der Waals surface area (Å²) in [5.74, 6) is 0.884. The van der Waals surface area contributed by atoms with Gasteiger partial charge in [0.1, 0.15) is 0 Å². The summed E-state index contributed by atoms with van der Waals surface area (Å²) >= 11 is 0. The molecule has 1 unspecified atom stereocenters. The van der Waals surface area contributed by atoms with E-state index in [1.807, 2.05) is 11.7 Å². The van der Waals surface area contributed by atoms with Gasteiger partial charge in [-0.05, 0) is 29.8 Å². The summed E-state index contributed by atoms with van der Waals surface area (Å²) in [6.45, 7) is 9.39. The highest BCUT2D eigenvalue weighted by Crippen LogP contribution is 2.29. The van der Waals surface area contributed by atoms with Gasteiger partial charge in [0.2, 0.25) is 0 Å². The van der Waals surface area contributed by atoms with Crippen LogP contribution in [0.25, 0.3) is 0 Å². The van der Waals surface area contributed by atoms with Gasteiger partial charge in [-0.15, -0.1) is 5.10 Å². The Bertz CT molecular complexity index is 286. The van der Waals surface area contributed by atoms with Gasteiger partial charge < -0.3 is 5.32 Å². The van der Waals surface area contributed by atoms with Gasteiger partial charge in [-0.2, -0.15) is 0 Å². The zero-order valence-corrected chi connectivity index (χ0v) is 9.57. The van der Waals surface area contributed by atoms with E-state index < -0.39 is 0 Å². The van der Waals surface area contributed by atoms with Crippen LogP contribution in [0.1, 0.15) is 39.6 Å². The van der Waals surface area contributed by atoms with Crippen molar-refractivity contribution in [2.24, 2.45) is 5.41 Å². The summed E-state index contributed by atoms with van der Waals surface area (Å²) in [6.07, 6.45) is 0. The van der Waals surface area contributed by atoms with Crippen molar-refractivity contribution in [1.82, 2.24) is 25.5 Å². The minimum absolute atomic E-state index is 0.165. The van der Waals surface area contributed by atoms with Crippen LogP contribution in [-0.4, -0.2) is 27.3 Å². The number of aromatic nitrogens is 4. The first-order chi connectivity index (χ1) is 6.46. The van der Waals surface area contributed by atoms with Gasteiger partial charge in [-0.3, -0.25) is 0 Å². The molecule has 0 amide bonds. The highest BCUT2D eigenvalue weighted by molar-refractivity contribution is 4.86. The highest BCUT2D eigenvalue weighted by Gasteiger charge is 2.24. The Hall–Kier alpha value is -0.970. The number of rotatable bonds is 3. The molecule has 0 saturated carbocycles. The molecule has 5 heteroatoms. The lowest BCUT2D eigenvalue weighted by atomic mass is 9.88. The maximum Gasteiger partial charge on any atom is 0.165 e. The molecule has 14 heavy (non-hydrogen) atoms. The number of hydrogen-bond donors (Lipinski definition) is 1. The van der Waals surface area contributed by atoms with Crippen molar-refractivity contribution in [2.75, 3.05) is 7.05 Å². The van der Waals surface area contributed by atoms with Crippen LogP contribution in [0.2, 0.25) is 0 Å². The van der Waals surface area contributed by atoms with Gasteiger partial charge in [-0.1, -0.05) is 20.8 Å². The van der Waals surface area contributed by atoms with Gasteiger partial charge >= 0.3 is 0 Å². The molecular formula is C9H19N5. The quantitative estimate of drug-likeness (QED) is 0.785. The van der Waals surface area contributed by atoms with Crippen molar-refractivity contribution in [1.29, 1.82) is 0 Å². The lowest BCUT2D eigenvalue weighted by Gasteiger charge is -2.27. The first-order valence-electron chi connectivity index (χ1n) is 4.88. The molecule has 1 aromatic rings. The second-order valence-corrected chi connectivity index (χ2v) is 4.61. The molecule has 0 aromatic carbocycles. The Morgan fingerprint density at radius 1 is 1.43 bits per heavy atom. The molecular weight excluding hydrogens is 178 g/mol. The summed E-state index contributed by atoms with van der Waals surface area (Å²) < 4.78 is 1.89. The van der Waals surface area contributed by atoms with E-state index in [1.165, 1.54) is 0 Å². The number of nitrogens with zero attached hydrogens (tertiary/aromatic N) is 4. The smallest absolute Gasteiger partial charge is 0.165 e. The van der Waals surface area contributed by atoms with Crippen LogP contribution in [-0.2, 0) is 6.54 Å². The maximum atomic E-state index is 4.02. The van der Waals surface area contributed by atoms with Crippen molar-refractivity contribution >= 4 is 0 Å². The number of nitrogens with one attached hydrogen (secondary N) is 1. The molecule has 0 fully saturated rings. The third-order valence-corrected chi connectivity index (χ3v) is 2.52. The average Bonchev–Trinajstić information content (AvgIpc) is 2.50. The molecule has 0 radical (unpaired) electrons. The van der Waals surface area contributed by atoms with Crippen LogP contribution < -0.4 is 5.32 Å². The Morgan fingerprint density at radius 2 is 2.07 bits per heavy atom. The minimum atomic E-state index is 0.165. The predicted molar refractivity (Wildman–Crippen MR) is 54.7 cm³/mol. The second kappa shape index (κ2) is 4.04. The van der Waals surface area contributed by atoms with E-state index in [2.05, 4.69) is 48.5 Å². The molecule has 1 aromatic heterocycles. The van der Waals surface area contributed by atoms with Crippen molar-refractivity contribution < 1.29 is 0 Å².